The first-order chi connectivity index (χ1) is 15.6. The van der Waals surface area contributed by atoms with Crippen LogP contribution < -0.4 is 0 Å². The molecule has 0 bridgehead atoms. The molecule has 8 nitrogen and oxygen atoms in total. The number of ketones is 1. The first-order valence-electron chi connectivity index (χ1n) is 10.6. The zero-order valence-electron chi connectivity index (χ0n) is 19.4. The van der Waals surface area contributed by atoms with Crippen molar-refractivity contribution in [3.05, 3.63) is 62.4 Å². The molecule has 1 aromatic heterocycles. The molecule has 0 spiro atoms. The van der Waals surface area contributed by atoms with E-state index in [1.807, 2.05) is 43.3 Å². The summed E-state index contributed by atoms with van der Waals surface area (Å²) in [4.78, 5) is 44.9. The molecule has 1 aromatic carbocycles. The van der Waals surface area contributed by atoms with Crippen LogP contribution in [0.4, 0.5) is 0 Å². The number of likely N-dealkylation sites (tertiary alicyclic amines) is 1. The van der Waals surface area contributed by atoms with Crippen LogP contribution in [-0.4, -0.2) is 71.3 Å². The number of carbonyl (C=O) groups is 3. The number of hydrogen-bond donors (Lipinski definition) is 2. The predicted molar refractivity (Wildman–Crippen MR) is 128 cm³/mol. The van der Waals surface area contributed by atoms with Crippen LogP contribution in [0.25, 0.3) is 5.76 Å². The number of ether oxygens (including phenoxy) is 1. The summed E-state index contributed by atoms with van der Waals surface area (Å²) in [5.74, 6) is -2.28. The SMILES string of the molecule is CCOC(=O)c1[nH]c(C)c(C(O)=C2C(=O)C(=O)N(CCN(C)C)[C@H]2c2cccc(Br)c2)c1C. The van der Waals surface area contributed by atoms with Gasteiger partial charge in [-0.15, -0.1) is 0 Å². The van der Waals surface area contributed by atoms with Crippen molar-refractivity contribution >= 4 is 39.3 Å². The number of amides is 1. The van der Waals surface area contributed by atoms with Crippen LogP contribution in [0.3, 0.4) is 0 Å². The number of nitrogens with one attached hydrogen (secondary N) is 1. The number of benzene rings is 1. The zero-order chi connectivity index (χ0) is 24.4. The molecule has 0 unspecified atom stereocenters. The summed E-state index contributed by atoms with van der Waals surface area (Å²) in [6.45, 7) is 6.13. The van der Waals surface area contributed by atoms with Crippen molar-refractivity contribution in [2.45, 2.75) is 26.8 Å². The minimum Gasteiger partial charge on any atom is -0.507 e. The highest BCUT2D eigenvalue weighted by atomic mass is 79.9. The topological polar surface area (TPSA) is 103 Å². The maximum Gasteiger partial charge on any atom is 0.355 e. The van der Waals surface area contributed by atoms with Gasteiger partial charge in [0.25, 0.3) is 11.7 Å². The molecule has 33 heavy (non-hydrogen) atoms. The second-order valence-corrected chi connectivity index (χ2v) is 9.11. The largest absolute Gasteiger partial charge is 0.507 e. The van der Waals surface area contributed by atoms with Gasteiger partial charge in [-0.05, 0) is 58.1 Å². The van der Waals surface area contributed by atoms with Gasteiger partial charge in [-0.1, -0.05) is 28.1 Å². The third kappa shape index (κ3) is 4.74. The van der Waals surface area contributed by atoms with Crippen molar-refractivity contribution in [3.8, 4) is 0 Å². The van der Waals surface area contributed by atoms with Crippen molar-refractivity contribution in [2.24, 2.45) is 0 Å². The highest BCUT2D eigenvalue weighted by Crippen LogP contribution is 2.41. The molecule has 2 aromatic rings. The van der Waals surface area contributed by atoms with Gasteiger partial charge in [0, 0.05) is 28.8 Å². The summed E-state index contributed by atoms with van der Waals surface area (Å²) in [7, 11) is 3.77. The lowest BCUT2D eigenvalue weighted by Crippen LogP contribution is -2.35. The summed E-state index contributed by atoms with van der Waals surface area (Å²) in [6.07, 6.45) is 0. The van der Waals surface area contributed by atoms with Crippen LogP contribution in [0, 0.1) is 13.8 Å². The van der Waals surface area contributed by atoms with E-state index >= 15 is 0 Å². The number of esters is 1. The molecule has 1 atom stereocenters. The summed E-state index contributed by atoms with van der Waals surface area (Å²) >= 11 is 3.45. The third-order valence-corrected chi connectivity index (χ3v) is 6.14. The normalized spacial score (nSPS) is 17.8. The van der Waals surface area contributed by atoms with Crippen LogP contribution in [-0.2, 0) is 14.3 Å². The first kappa shape index (κ1) is 24.7. The number of likely N-dealkylation sites (N-methyl/N-ethyl adjacent to an activating group) is 1. The molecular weight excluding hydrogens is 490 g/mol. The lowest BCUT2D eigenvalue weighted by atomic mass is 9.94. The number of aromatic amines is 1. The maximum atomic E-state index is 13.2. The summed E-state index contributed by atoms with van der Waals surface area (Å²) in [6, 6.07) is 6.55. The fourth-order valence-corrected chi connectivity index (χ4v) is 4.51. The Morgan fingerprint density at radius 2 is 1.97 bits per heavy atom. The van der Waals surface area contributed by atoms with Crippen LogP contribution in [0.2, 0.25) is 0 Å². The van der Waals surface area contributed by atoms with Crippen molar-refractivity contribution in [2.75, 3.05) is 33.8 Å². The molecule has 2 heterocycles. The Morgan fingerprint density at radius 1 is 1.27 bits per heavy atom. The molecule has 1 saturated heterocycles. The third-order valence-electron chi connectivity index (χ3n) is 5.65. The number of carbonyl (C=O) groups excluding carboxylic acids is 3. The smallest absolute Gasteiger partial charge is 0.355 e. The zero-order valence-corrected chi connectivity index (χ0v) is 20.9. The number of hydrogen-bond acceptors (Lipinski definition) is 6. The fourth-order valence-electron chi connectivity index (χ4n) is 4.09. The Balaban J connectivity index is 2.20. The average molecular weight is 518 g/mol. The number of nitrogens with zero attached hydrogens (tertiary/aromatic N) is 2. The van der Waals surface area contributed by atoms with Crippen molar-refractivity contribution in [3.63, 3.8) is 0 Å². The Bertz CT molecular complexity index is 1140. The molecule has 0 aliphatic carbocycles. The van der Waals surface area contributed by atoms with E-state index in [1.54, 1.807) is 20.8 Å². The molecule has 3 rings (SSSR count). The number of aliphatic hydroxyl groups excluding tert-OH is 1. The van der Waals surface area contributed by atoms with Crippen LogP contribution >= 0.6 is 15.9 Å². The predicted octanol–water partition coefficient (Wildman–Crippen LogP) is 3.55. The lowest BCUT2D eigenvalue weighted by Gasteiger charge is -2.26. The highest BCUT2D eigenvalue weighted by Gasteiger charge is 2.46. The molecule has 9 heteroatoms. The van der Waals surface area contributed by atoms with Gasteiger partial charge in [-0.2, -0.15) is 0 Å². The number of aryl methyl sites for hydroxylation is 1. The van der Waals surface area contributed by atoms with Crippen molar-refractivity contribution in [1.29, 1.82) is 0 Å². The van der Waals surface area contributed by atoms with E-state index in [4.69, 9.17) is 4.74 Å². The van der Waals surface area contributed by atoms with Gasteiger partial charge in [0.15, 0.2) is 0 Å². The fraction of sp³-hybridized carbons (Fsp3) is 0.375. The van der Waals surface area contributed by atoms with E-state index in [9.17, 15) is 19.5 Å². The molecular formula is C24H28BrN3O5. The van der Waals surface area contributed by atoms with Crippen LogP contribution in [0.15, 0.2) is 34.3 Å². The van der Waals surface area contributed by atoms with Crippen molar-refractivity contribution in [1.82, 2.24) is 14.8 Å². The van der Waals surface area contributed by atoms with E-state index in [2.05, 4.69) is 20.9 Å². The average Bonchev–Trinajstić information content (AvgIpc) is 3.19. The summed E-state index contributed by atoms with van der Waals surface area (Å²) < 4.78 is 5.88. The van der Waals surface area contributed by atoms with Gasteiger partial charge in [-0.25, -0.2) is 4.79 Å². The molecule has 1 amide bonds. The monoisotopic (exact) mass is 517 g/mol. The minimum absolute atomic E-state index is 0.00235. The number of Topliss-reactive ketones (excluding diaryl/α,β-unsaturated/α-hetero) is 1. The number of aliphatic hydroxyl groups is 1. The van der Waals surface area contributed by atoms with Crippen LogP contribution in [0.1, 0.15) is 45.8 Å². The number of aromatic nitrogens is 1. The van der Waals surface area contributed by atoms with E-state index in [1.165, 1.54) is 4.90 Å². The standard InChI is InChI=1S/C24H28BrN3O5/c1-6-33-24(32)19-13(2)17(14(3)26-19)21(29)18-20(15-8-7-9-16(25)12-15)28(11-10-27(4)5)23(31)22(18)30/h7-9,12,20,26,29H,6,10-11H2,1-5H3/t20-/m0/s1. The highest BCUT2D eigenvalue weighted by molar-refractivity contribution is 9.10. The van der Waals surface area contributed by atoms with E-state index < -0.39 is 23.7 Å². The molecule has 2 N–H and O–H groups in total. The summed E-state index contributed by atoms with van der Waals surface area (Å²) in [5.41, 5.74) is 2.18. The van der Waals surface area contributed by atoms with E-state index in [-0.39, 0.29) is 23.6 Å². The van der Waals surface area contributed by atoms with E-state index in [0.717, 1.165) is 4.47 Å². The van der Waals surface area contributed by atoms with Gasteiger partial charge in [0.05, 0.1) is 18.2 Å². The molecule has 0 saturated carbocycles. The number of rotatable bonds is 7. The van der Waals surface area contributed by atoms with Gasteiger partial charge in [0.1, 0.15) is 11.5 Å². The van der Waals surface area contributed by atoms with Gasteiger partial charge >= 0.3 is 5.97 Å². The Labute approximate surface area is 201 Å². The van der Waals surface area contributed by atoms with Gasteiger partial charge in [-0.3, -0.25) is 9.59 Å². The molecule has 1 aliphatic heterocycles. The molecule has 1 fully saturated rings. The minimum atomic E-state index is -0.762. The number of halogens is 1. The summed E-state index contributed by atoms with van der Waals surface area (Å²) in [5, 5.41) is 11.4. The van der Waals surface area contributed by atoms with Gasteiger partial charge in [0.2, 0.25) is 0 Å². The first-order valence-corrected chi connectivity index (χ1v) is 11.4. The van der Waals surface area contributed by atoms with Crippen LogP contribution in [0.5, 0.6) is 0 Å². The second kappa shape index (κ2) is 9.93. The Kier molecular flexibility index (Phi) is 7.44. The van der Waals surface area contributed by atoms with Gasteiger partial charge < -0.3 is 24.6 Å². The van der Waals surface area contributed by atoms with Crippen molar-refractivity contribution < 1.29 is 24.2 Å². The molecule has 176 valence electrons. The quantitative estimate of drug-likeness (QED) is 0.252. The molecule has 1 aliphatic rings. The Morgan fingerprint density at radius 3 is 2.58 bits per heavy atom. The molecule has 0 radical (unpaired) electrons. The number of H-pyrrole nitrogens is 1. The second-order valence-electron chi connectivity index (χ2n) is 8.20. The maximum absolute atomic E-state index is 13.2. The van der Waals surface area contributed by atoms with E-state index in [0.29, 0.717) is 35.5 Å². The Hall–Kier alpha value is -2.91. The lowest BCUT2D eigenvalue weighted by molar-refractivity contribution is -0.140.